The second kappa shape index (κ2) is 6.60. The van der Waals surface area contributed by atoms with Crippen molar-refractivity contribution >= 4 is 11.7 Å². The number of hydrogen-bond acceptors (Lipinski definition) is 5. The topological polar surface area (TPSA) is 52.6 Å². The van der Waals surface area contributed by atoms with Gasteiger partial charge in [-0.05, 0) is 26.3 Å². The fourth-order valence-corrected chi connectivity index (χ4v) is 3.20. The summed E-state index contributed by atoms with van der Waals surface area (Å²) >= 11 is 0. The number of piperazine rings is 1. The lowest BCUT2D eigenvalue weighted by molar-refractivity contribution is 0.0786. The number of anilines is 1. The Kier molecular flexibility index (Phi) is 4.57. The highest BCUT2D eigenvalue weighted by Crippen LogP contribution is 2.18. The van der Waals surface area contributed by atoms with Gasteiger partial charge in [0.15, 0.2) is 0 Å². The standard InChI is InChI=1S/C16H25N5O/c1-3-19-8-10-20(11-9-19)15-12-14(17-13(2)18-15)16(22)21-6-4-5-7-21/h12H,3-11H2,1-2H3. The van der Waals surface area contributed by atoms with Crippen molar-refractivity contribution in [1.82, 2.24) is 19.8 Å². The van der Waals surface area contributed by atoms with E-state index in [0.717, 1.165) is 64.5 Å². The first-order chi connectivity index (χ1) is 10.7. The summed E-state index contributed by atoms with van der Waals surface area (Å²) in [6, 6.07) is 1.87. The Morgan fingerprint density at radius 2 is 1.77 bits per heavy atom. The molecule has 22 heavy (non-hydrogen) atoms. The van der Waals surface area contributed by atoms with Gasteiger partial charge in [-0.25, -0.2) is 9.97 Å². The predicted molar refractivity (Wildman–Crippen MR) is 86.2 cm³/mol. The number of aryl methyl sites for hydroxylation is 1. The normalized spacial score (nSPS) is 19.7. The summed E-state index contributed by atoms with van der Waals surface area (Å²) in [4.78, 5) is 28.0. The molecule has 0 aliphatic carbocycles. The Hall–Kier alpha value is -1.69. The molecule has 0 unspecified atom stereocenters. The van der Waals surface area contributed by atoms with Crippen LogP contribution in [-0.4, -0.2) is 71.5 Å². The van der Waals surface area contributed by atoms with Gasteiger partial charge in [-0.2, -0.15) is 0 Å². The minimum absolute atomic E-state index is 0.0523. The molecule has 3 rings (SSSR count). The van der Waals surface area contributed by atoms with Crippen LogP contribution in [0.4, 0.5) is 5.82 Å². The molecule has 2 aliphatic heterocycles. The van der Waals surface area contributed by atoms with Crippen molar-refractivity contribution in [3.8, 4) is 0 Å². The first kappa shape index (κ1) is 15.2. The molecule has 0 spiro atoms. The zero-order valence-electron chi connectivity index (χ0n) is 13.6. The molecular weight excluding hydrogens is 278 g/mol. The van der Waals surface area contributed by atoms with E-state index in [0.29, 0.717) is 11.5 Å². The molecule has 2 saturated heterocycles. The average Bonchev–Trinajstić information content (AvgIpc) is 3.08. The predicted octanol–water partition coefficient (Wildman–Crippen LogP) is 1.16. The Labute approximate surface area is 132 Å². The smallest absolute Gasteiger partial charge is 0.272 e. The molecule has 1 aromatic heterocycles. The van der Waals surface area contributed by atoms with Gasteiger partial charge in [-0.3, -0.25) is 4.79 Å². The highest BCUT2D eigenvalue weighted by atomic mass is 16.2. The van der Waals surface area contributed by atoms with Gasteiger partial charge in [0.2, 0.25) is 0 Å². The van der Waals surface area contributed by atoms with Crippen LogP contribution in [0.2, 0.25) is 0 Å². The Morgan fingerprint density at radius 3 is 2.41 bits per heavy atom. The molecule has 6 nitrogen and oxygen atoms in total. The zero-order chi connectivity index (χ0) is 15.5. The number of carbonyl (C=O) groups excluding carboxylic acids is 1. The van der Waals surface area contributed by atoms with Crippen LogP contribution in [0.25, 0.3) is 0 Å². The molecule has 0 aromatic carbocycles. The number of likely N-dealkylation sites (tertiary alicyclic amines) is 1. The molecule has 1 amide bonds. The van der Waals surface area contributed by atoms with Crippen molar-refractivity contribution in [3.63, 3.8) is 0 Å². The van der Waals surface area contributed by atoms with Crippen LogP contribution in [0, 0.1) is 6.92 Å². The largest absolute Gasteiger partial charge is 0.354 e. The van der Waals surface area contributed by atoms with Gasteiger partial charge in [0, 0.05) is 45.3 Å². The van der Waals surface area contributed by atoms with Crippen molar-refractivity contribution in [2.24, 2.45) is 0 Å². The van der Waals surface area contributed by atoms with Crippen molar-refractivity contribution in [2.45, 2.75) is 26.7 Å². The minimum Gasteiger partial charge on any atom is -0.354 e. The number of amides is 1. The second-order valence-electron chi connectivity index (χ2n) is 6.08. The van der Waals surface area contributed by atoms with Gasteiger partial charge < -0.3 is 14.7 Å². The van der Waals surface area contributed by atoms with Gasteiger partial charge in [-0.1, -0.05) is 6.92 Å². The van der Waals surface area contributed by atoms with E-state index in [9.17, 15) is 4.79 Å². The summed E-state index contributed by atoms with van der Waals surface area (Å²) < 4.78 is 0. The van der Waals surface area contributed by atoms with Crippen molar-refractivity contribution in [1.29, 1.82) is 0 Å². The number of aromatic nitrogens is 2. The van der Waals surface area contributed by atoms with Crippen molar-refractivity contribution < 1.29 is 4.79 Å². The lowest BCUT2D eigenvalue weighted by atomic mass is 10.2. The maximum atomic E-state index is 12.5. The first-order valence-electron chi connectivity index (χ1n) is 8.29. The van der Waals surface area contributed by atoms with Crippen LogP contribution in [0.5, 0.6) is 0 Å². The molecule has 0 saturated carbocycles. The Bertz CT molecular complexity index is 533. The number of hydrogen-bond donors (Lipinski definition) is 0. The SMILES string of the molecule is CCN1CCN(c2cc(C(=O)N3CCCC3)nc(C)n2)CC1. The summed E-state index contributed by atoms with van der Waals surface area (Å²) in [5.74, 6) is 1.63. The van der Waals surface area contributed by atoms with Gasteiger partial charge in [0.25, 0.3) is 5.91 Å². The Balaban J connectivity index is 1.76. The Morgan fingerprint density at radius 1 is 1.09 bits per heavy atom. The highest BCUT2D eigenvalue weighted by Gasteiger charge is 2.23. The maximum absolute atomic E-state index is 12.5. The third-order valence-electron chi connectivity index (χ3n) is 4.58. The monoisotopic (exact) mass is 303 g/mol. The lowest BCUT2D eigenvalue weighted by Gasteiger charge is -2.34. The summed E-state index contributed by atoms with van der Waals surface area (Å²) in [7, 11) is 0. The summed E-state index contributed by atoms with van der Waals surface area (Å²) in [6.45, 7) is 10.9. The van der Waals surface area contributed by atoms with E-state index in [1.165, 1.54) is 0 Å². The van der Waals surface area contributed by atoms with Crippen molar-refractivity contribution in [3.05, 3.63) is 17.6 Å². The molecule has 3 heterocycles. The lowest BCUT2D eigenvalue weighted by Crippen LogP contribution is -2.46. The van der Waals surface area contributed by atoms with E-state index in [4.69, 9.17) is 0 Å². The van der Waals surface area contributed by atoms with Gasteiger partial charge in [0.05, 0.1) is 0 Å². The van der Waals surface area contributed by atoms with E-state index in [1.807, 2.05) is 17.9 Å². The molecule has 6 heteroatoms. The number of likely N-dealkylation sites (N-methyl/N-ethyl adjacent to an activating group) is 1. The van der Waals surface area contributed by atoms with Gasteiger partial charge in [-0.15, -0.1) is 0 Å². The van der Waals surface area contributed by atoms with Crippen LogP contribution in [-0.2, 0) is 0 Å². The zero-order valence-corrected chi connectivity index (χ0v) is 13.6. The van der Waals surface area contributed by atoms with Crippen LogP contribution in [0.1, 0.15) is 36.1 Å². The fourth-order valence-electron chi connectivity index (χ4n) is 3.20. The molecule has 1 aromatic rings. The minimum atomic E-state index is 0.0523. The molecule has 2 aliphatic rings. The fraction of sp³-hybridized carbons (Fsp3) is 0.688. The van der Waals surface area contributed by atoms with Gasteiger partial charge in [0.1, 0.15) is 17.3 Å². The van der Waals surface area contributed by atoms with E-state index in [1.54, 1.807) is 0 Å². The molecule has 0 radical (unpaired) electrons. The molecule has 0 atom stereocenters. The molecule has 0 N–H and O–H groups in total. The van der Waals surface area contributed by atoms with E-state index >= 15 is 0 Å². The molecule has 0 bridgehead atoms. The maximum Gasteiger partial charge on any atom is 0.272 e. The third kappa shape index (κ3) is 3.21. The number of nitrogens with zero attached hydrogens (tertiary/aromatic N) is 5. The second-order valence-corrected chi connectivity index (χ2v) is 6.08. The quantitative estimate of drug-likeness (QED) is 0.839. The molecule has 120 valence electrons. The van der Waals surface area contributed by atoms with Gasteiger partial charge >= 0.3 is 0 Å². The van der Waals surface area contributed by atoms with Crippen LogP contribution in [0.15, 0.2) is 6.07 Å². The highest BCUT2D eigenvalue weighted by molar-refractivity contribution is 5.93. The number of carbonyl (C=O) groups is 1. The first-order valence-corrected chi connectivity index (χ1v) is 8.29. The third-order valence-corrected chi connectivity index (χ3v) is 4.58. The summed E-state index contributed by atoms with van der Waals surface area (Å²) in [5.41, 5.74) is 0.544. The van der Waals surface area contributed by atoms with E-state index < -0.39 is 0 Å². The summed E-state index contributed by atoms with van der Waals surface area (Å²) in [6.07, 6.45) is 2.20. The molecule has 2 fully saturated rings. The van der Waals surface area contributed by atoms with E-state index in [2.05, 4.69) is 26.7 Å². The summed E-state index contributed by atoms with van der Waals surface area (Å²) in [5, 5.41) is 0. The van der Waals surface area contributed by atoms with Crippen LogP contribution < -0.4 is 4.90 Å². The van der Waals surface area contributed by atoms with Crippen molar-refractivity contribution in [2.75, 3.05) is 50.7 Å². The van der Waals surface area contributed by atoms with E-state index in [-0.39, 0.29) is 5.91 Å². The number of rotatable bonds is 3. The average molecular weight is 303 g/mol. The van der Waals surface area contributed by atoms with Crippen LogP contribution in [0.3, 0.4) is 0 Å². The molecular formula is C16H25N5O. The van der Waals surface area contributed by atoms with Crippen LogP contribution >= 0.6 is 0 Å².